The van der Waals surface area contributed by atoms with Crippen molar-refractivity contribution in [3.05, 3.63) is 81.3 Å². The van der Waals surface area contributed by atoms with Gasteiger partial charge in [-0.1, -0.05) is 18.2 Å². The molecule has 10 nitrogen and oxygen atoms in total. The Kier molecular flexibility index (Phi) is 7.43. The molecule has 1 aliphatic rings. The number of methoxy groups -OCH3 is 1. The van der Waals surface area contributed by atoms with E-state index < -0.39 is 23.2 Å². The van der Waals surface area contributed by atoms with Crippen LogP contribution in [0, 0.1) is 0 Å². The Hall–Kier alpha value is -4.47. The Morgan fingerprint density at radius 2 is 1.89 bits per heavy atom. The van der Waals surface area contributed by atoms with Crippen molar-refractivity contribution in [1.29, 1.82) is 0 Å². The molecule has 1 amide bonds. The van der Waals surface area contributed by atoms with Gasteiger partial charge in [0.25, 0.3) is 5.56 Å². The molecule has 188 valence electrons. The maximum atomic E-state index is 13.0. The van der Waals surface area contributed by atoms with Crippen molar-refractivity contribution < 1.29 is 33.6 Å². The zero-order chi connectivity index (χ0) is 25.7. The van der Waals surface area contributed by atoms with E-state index in [1.54, 1.807) is 43.3 Å². The molecule has 2 heterocycles. The zero-order valence-electron chi connectivity index (χ0n) is 19.8. The Labute approximate surface area is 206 Å². The standard InChI is InChI=1S/C26H26N2O8/c1-3-34-26(32)19-13-28-25(31)23(24(19)30)18(16-5-7-17(33-2)8-6-16)11-22(29)27-12-15-4-9-20-21(10-15)36-14-35-20/h4-10,13,18H,3,11-12,14H2,1-2H3,(H,27,29)(H2,28,30,31)/t18-/m0/s1. The number of hydrogen-bond acceptors (Lipinski definition) is 8. The molecule has 0 saturated heterocycles. The summed E-state index contributed by atoms with van der Waals surface area (Å²) in [5.74, 6) is -0.705. The van der Waals surface area contributed by atoms with Crippen LogP contribution in [0.4, 0.5) is 0 Å². The highest BCUT2D eigenvalue weighted by atomic mass is 16.7. The van der Waals surface area contributed by atoms with Crippen molar-refractivity contribution in [1.82, 2.24) is 10.3 Å². The third-order valence-corrected chi connectivity index (χ3v) is 5.78. The van der Waals surface area contributed by atoms with Gasteiger partial charge >= 0.3 is 5.97 Å². The highest BCUT2D eigenvalue weighted by molar-refractivity contribution is 5.92. The number of carbonyl (C=O) groups excluding carboxylic acids is 2. The summed E-state index contributed by atoms with van der Waals surface area (Å²) in [7, 11) is 1.52. The molecule has 3 N–H and O–H groups in total. The van der Waals surface area contributed by atoms with Crippen LogP contribution in [0.15, 0.2) is 53.5 Å². The van der Waals surface area contributed by atoms with Crippen molar-refractivity contribution in [3.63, 3.8) is 0 Å². The quantitative estimate of drug-likeness (QED) is 0.387. The van der Waals surface area contributed by atoms with Gasteiger partial charge in [0.1, 0.15) is 17.1 Å². The number of ether oxygens (including phenoxy) is 4. The Balaban J connectivity index is 1.62. The van der Waals surface area contributed by atoms with E-state index in [9.17, 15) is 19.5 Å². The molecule has 36 heavy (non-hydrogen) atoms. The SMILES string of the molecule is CCOC(=O)c1c[nH]c(=O)c([C@@H](CC(=O)NCc2ccc3c(c2)OCO3)c2ccc(OC)cc2)c1O. The van der Waals surface area contributed by atoms with Crippen LogP contribution in [0.2, 0.25) is 0 Å². The molecule has 0 aliphatic carbocycles. The van der Waals surface area contributed by atoms with Gasteiger partial charge in [0.2, 0.25) is 12.7 Å². The number of amides is 1. The summed E-state index contributed by atoms with van der Waals surface area (Å²) in [6, 6.07) is 12.1. The maximum Gasteiger partial charge on any atom is 0.343 e. The van der Waals surface area contributed by atoms with Crippen molar-refractivity contribution in [2.24, 2.45) is 0 Å². The molecule has 1 aliphatic heterocycles. The highest BCUT2D eigenvalue weighted by Gasteiger charge is 2.28. The number of carbonyl (C=O) groups is 2. The number of nitrogens with one attached hydrogen (secondary N) is 2. The van der Waals surface area contributed by atoms with Crippen LogP contribution in [0.25, 0.3) is 0 Å². The summed E-state index contributed by atoms with van der Waals surface area (Å²) in [5, 5.41) is 13.7. The van der Waals surface area contributed by atoms with Gasteiger partial charge < -0.3 is 34.4 Å². The maximum absolute atomic E-state index is 13.0. The van der Waals surface area contributed by atoms with Crippen molar-refractivity contribution in [2.75, 3.05) is 20.5 Å². The fourth-order valence-electron chi connectivity index (χ4n) is 3.96. The molecule has 0 bridgehead atoms. The van der Waals surface area contributed by atoms with Gasteiger partial charge in [0.15, 0.2) is 11.5 Å². The lowest BCUT2D eigenvalue weighted by Gasteiger charge is -2.19. The first-order valence-electron chi connectivity index (χ1n) is 11.3. The number of rotatable bonds is 9. The average Bonchev–Trinajstić information content (AvgIpc) is 3.35. The van der Waals surface area contributed by atoms with E-state index >= 15 is 0 Å². The fourth-order valence-corrected chi connectivity index (χ4v) is 3.96. The number of esters is 1. The predicted octanol–water partition coefficient (Wildman–Crippen LogP) is 2.83. The van der Waals surface area contributed by atoms with Crippen LogP contribution in [0.5, 0.6) is 23.0 Å². The smallest absolute Gasteiger partial charge is 0.343 e. The van der Waals surface area contributed by atoms with Gasteiger partial charge in [-0.2, -0.15) is 0 Å². The van der Waals surface area contributed by atoms with Crippen LogP contribution < -0.4 is 25.1 Å². The normalized spacial score (nSPS) is 12.6. The summed E-state index contributed by atoms with van der Waals surface area (Å²) in [6.07, 6.45) is 0.934. The summed E-state index contributed by atoms with van der Waals surface area (Å²) in [6.45, 7) is 2.09. The Bertz CT molecular complexity index is 1320. The molecule has 3 aromatic rings. The molecular weight excluding hydrogens is 468 g/mol. The van der Waals surface area contributed by atoms with Gasteiger partial charge in [0.05, 0.1) is 19.3 Å². The number of benzene rings is 2. The van der Waals surface area contributed by atoms with Gasteiger partial charge in [-0.05, 0) is 42.3 Å². The number of hydrogen-bond donors (Lipinski definition) is 3. The lowest BCUT2D eigenvalue weighted by atomic mass is 9.87. The lowest BCUT2D eigenvalue weighted by Crippen LogP contribution is -2.27. The second-order valence-electron chi connectivity index (χ2n) is 8.01. The van der Waals surface area contributed by atoms with E-state index in [0.717, 1.165) is 11.8 Å². The molecule has 1 atom stereocenters. The molecule has 0 saturated carbocycles. The van der Waals surface area contributed by atoms with Gasteiger partial charge in [-0.25, -0.2) is 4.79 Å². The number of aromatic hydroxyl groups is 1. The van der Waals surface area contributed by atoms with Crippen LogP contribution in [-0.2, 0) is 16.1 Å². The first kappa shape index (κ1) is 24.6. The molecule has 4 rings (SSSR count). The first-order valence-corrected chi connectivity index (χ1v) is 11.3. The average molecular weight is 495 g/mol. The number of aromatic amines is 1. The largest absolute Gasteiger partial charge is 0.506 e. The second-order valence-corrected chi connectivity index (χ2v) is 8.01. The van der Waals surface area contributed by atoms with Crippen molar-refractivity contribution in [2.45, 2.75) is 25.8 Å². The zero-order valence-corrected chi connectivity index (χ0v) is 19.8. The topological polar surface area (TPSA) is 136 Å². The number of fused-ring (bicyclic) bond motifs is 1. The molecule has 0 radical (unpaired) electrons. The van der Waals surface area contributed by atoms with Gasteiger partial charge in [-0.3, -0.25) is 9.59 Å². The third-order valence-electron chi connectivity index (χ3n) is 5.78. The Morgan fingerprint density at radius 1 is 1.14 bits per heavy atom. The molecule has 0 fully saturated rings. The fraction of sp³-hybridized carbons (Fsp3) is 0.269. The van der Waals surface area contributed by atoms with E-state index in [2.05, 4.69) is 10.3 Å². The predicted molar refractivity (Wildman–Crippen MR) is 129 cm³/mol. The summed E-state index contributed by atoms with van der Waals surface area (Å²) < 4.78 is 20.9. The minimum absolute atomic E-state index is 0.0942. The van der Waals surface area contributed by atoms with Gasteiger partial charge in [-0.15, -0.1) is 0 Å². The van der Waals surface area contributed by atoms with Gasteiger partial charge in [0, 0.05) is 25.1 Å². The molecule has 1 aromatic heterocycles. The van der Waals surface area contributed by atoms with E-state index in [-0.39, 0.29) is 43.4 Å². The minimum atomic E-state index is -0.856. The van der Waals surface area contributed by atoms with E-state index in [1.165, 1.54) is 7.11 Å². The monoisotopic (exact) mass is 494 g/mol. The summed E-state index contributed by atoms with van der Waals surface area (Å²) in [4.78, 5) is 40.6. The molecular formula is C26H26N2O8. The third kappa shape index (κ3) is 5.27. The van der Waals surface area contributed by atoms with Crippen LogP contribution in [0.3, 0.4) is 0 Å². The van der Waals surface area contributed by atoms with Crippen LogP contribution in [-0.4, -0.2) is 42.5 Å². The highest BCUT2D eigenvalue weighted by Crippen LogP contribution is 2.35. The summed E-state index contributed by atoms with van der Waals surface area (Å²) in [5.41, 5.74) is 0.467. The first-order chi connectivity index (χ1) is 17.4. The van der Waals surface area contributed by atoms with Crippen molar-refractivity contribution >= 4 is 11.9 Å². The van der Waals surface area contributed by atoms with E-state index in [1.807, 2.05) is 6.07 Å². The van der Waals surface area contributed by atoms with E-state index in [4.69, 9.17) is 18.9 Å². The molecule has 10 heteroatoms. The number of pyridine rings is 1. The number of H-pyrrole nitrogens is 1. The van der Waals surface area contributed by atoms with Crippen molar-refractivity contribution in [3.8, 4) is 23.0 Å². The van der Waals surface area contributed by atoms with E-state index in [0.29, 0.717) is 22.8 Å². The lowest BCUT2D eigenvalue weighted by molar-refractivity contribution is -0.121. The number of aromatic nitrogens is 1. The molecule has 0 unspecified atom stereocenters. The molecule has 2 aromatic carbocycles. The molecule has 0 spiro atoms. The van der Waals surface area contributed by atoms with Crippen LogP contribution >= 0.6 is 0 Å². The summed E-state index contributed by atoms with van der Waals surface area (Å²) >= 11 is 0. The Morgan fingerprint density at radius 3 is 2.61 bits per heavy atom. The minimum Gasteiger partial charge on any atom is -0.506 e. The van der Waals surface area contributed by atoms with Crippen LogP contribution in [0.1, 0.15) is 46.3 Å². The second kappa shape index (κ2) is 10.9.